The maximum atomic E-state index is 12.2. The number of carbonyl (C=O) groups excluding carboxylic acids is 1. The molecule has 8 heteroatoms. The van der Waals surface area contributed by atoms with Crippen molar-refractivity contribution in [3.63, 3.8) is 0 Å². The summed E-state index contributed by atoms with van der Waals surface area (Å²) >= 11 is 1.31. The largest absolute Gasteiger partial charge is 0.297 e. The van der Waals surface area contributed by atoms with Crippen molar-refractivity contribution in [2.24, 2.45) is 0 Å². The molecule has 4 rings (SSSR count). The number of carbonyl (C=O) groups is 1. The second-order valence-electron chi connectivity index (χ2n) is 6.71. The van der Waals surface area contributed by atoms with Gasteiger partial charge in [0.2, 0.25) is 0 Å². The molecule has 0 atom stereocenters. The summed E-state index contributed by atoms with van der Waals surface area (Å²) in [7, 11) is 0. The van der Waals surface area contributed by atoms with Crippen LogP contribution in [0.4, 0.5) is 0 Å². The molecule has 0 radical (unpaired) electrons. The molecule has 0 saturated heterocycles. The highest BCUT2D eigenvalue weighted by Crippen LogP contribution is 2.24. The monoisotopic (exact) mass is 431 g/mol. The number of pyridine rings is 1. The second kappa shape index (κ2) is 10.5. The number of hydroxylamine groups is 1. The molecule has 156 valence electrons. The van der Waals surface area contributed by atoms with Gasteiger partial charge in [-0.3, -0.25) is 19.2 Å². The topological polar surface area (TPSA) is 81.9 Å². The van der Waals surface area contributed by atoms with E-state index in [9.17, 15) is 4.79 Å². The number of benzene rings is 2. The van der Waals surface area contributed by atoms with Gasteiger partial charge >= 0.3 is 0 Å². The van der Waals surface area contributed by atoms with Crippen LogP contribution in [0.5, 0.6) is 0 Å². The molecule has 0 unspecified atom stereocenters. The fourth-order valence-electron chi connectivity index (χ4n) is 2.95. The van der Waals surface area contributed by atoms with Crippen molar-refractivity contribution in [1.29, 1.82) is 0 Å². The van der Waals surface area contributed by atoms with E-state index in [-0.39, 0.29) is 11.7 Å². The Morgan fingerprint density at radius 3 is 2.39 bits per heavy atom. The lowest BCUT2D eigenvalue weighted by Gasteiger charge is -2.10. The van der Waals surface area contributed by atoms with Gasteiger partial charge in [-0.1, -0.05) is 72.4 Å². The van der Waals surface area contributed by atoms with Gasteiger partial charge in [0, 0.05) is 18.0 Å². The van der Waals surface area contributed by atoms with E-state index in [1.807, 2.05) is 77.4 Å². The molecule has 1 N–H and O–H groups in total. The van der Waals surface area contributed by atoms with Crippen molar-refractivity contribution in [3.8, 4) is 11.4 Å². The summed E-state index contributed by atoms with van der Waals surface area (Å²) in [6.45, 7) is 0.902. The van der Waals surface area contributed by atoms with E-state index in [4.69, 9.17) is 4.84 Å². The summed E-state index contributed by atoms with van der Waals surface area (Å²) in [5, 5.41) is 9.32. The third kappa shape index (κ3) is 5.78. The molecule has 0 fully saturated rings. The molecule has 2 aromatic carbocycles. The zero-order chi connectivity index (χ0) is 21.3. The van der Waals surface area contributed by atoms with E-state index >= 15 is 0 Å². The summed E-state index contributed by atoms with van der Waals surface area (Å²) in [5.41, 5.74) is 5.45. The van der Waals surface area contributed by atoms with E-state index in [1.165, 1.54) is 11.8 Å². The van der Waals surface area contributed by atoms with Crippen LogP contribution in [-0.2, 0) is 22.8 Å². The summed E-state index contributed by atoms with van der Waals surface area (Å²) < 4.78 is 2.00. The van der Waals surface area contributed by atoms with Gasteiger partial charge in [0.05, 0.1) is 18.9 Å². The number of aromatic nitrogens is 4. The van der Waals surface area contributed by atoms with Crippen molar-refractivity contribution in [2.45, 2.75) is 18.3 Å². The summed E-state index contributed by atoms with van der Waals surface area (Å²) in [6.07, 6.45) is 3.47. The van der Waals surface area contributed by atoms with Crippen molar-refractivity contribution in [1.82, 2.24) is 25.2 Å². The highest BCUT2D eigenvalue weighted by Gasteiger charge is 2.16. The minimum absolute atomic E-state index is 0.161. The van der Waals surface area contributed by atoms with Gasteiger partial charge in [-0.2, -0.15) is 0 Å². The van der Waals surface area contributed by atoms with Crippen LogP contribution >= 0.6 is 11.8 Å². The third-order valence-corrected chi connectivity index (χ3v) is 5.39. The van der Waals surface area contributed by atoms with Gasteiger partial charge in [0.15, 0.2) is 11.0 Å². The van der Waals surface area contributed by atoms with Gasteiger partial charge < -0.3 is 0 Å². The molecule has 4 aromatic rings. The fourth-order valence-corrected chi connectivity index (χ4v) is 3.67. The Balaban J connectivity index is 1.42. The Morgan fingerprint density at radius 2 is 1.68 bits per heavy atom. The van der Waals surface area contributed by atoms with Gasteiger partial charge in [0.25, 0.3) is 5.91 Å². The second-order valence-corrected chi connectivity index (χ2v) is 7.65. The Bertz CT molecular complexity index is 1100. The molecule has 0 aliphatic carbocycles. The molecule has 31 heavy (non-hydrogen) atoms. The Morgan fingerprint density at radius 1 is 0.935 bits per heavy atom. The molecule has 2 heterocycles. The van der Waals surface area contributed by atoms with Crippen molar-refractivity contribution in [3.05, 3.63) is 96.3 Å². The summed E-state index contributed by atoms with van der Waals surface area (Å²) in [6, 6.07) is 23.5. The number of nitrogens with zero attached hydrogens (tertiary/aromatic N) is 4. The minimum Gasteiger partial charge on any atom is -0.297 e. The quantitative estimate of drug-likeness (QED) is 0.321. The van der Waals surface area contributed by atoms with Gasteiger partial charge in [-0.15, -0.1) is 10.2 Å². The molecular formula is C23H21N5O2S. The van der Waals surface area contributed by atoms with E-state index < -0.39 is 0 Å². The molecule has 0 aliphatic heterocycles. The van der Waals surface area contributed by atoms with Gasteiger partial charge in [-0.05, 0) is 23.3 Å². The molecule has 0 bridgehead atoms. The van der Waals surface area contributed by atoms with Crippen molar-refractivity contribution >= 4 is 17.7 Å². The lowest BCUT2D eigenvalue weighted by Crippen LogP contribution is -2.25. The maximum Gasteiger partial charge on any atom is 0.254 e. The Labute approximate surface area is 184 Å². The number of rotatable bonds is 9. The minimum atomic E-state index is -0.238. The van der Waals surface area contributed by atoms with Crippen LogP contribution < -0.4 is 5.48 Å². The highest BCUT2D eigenvalue weighted by atomic mass is 32.2. The summed E-state index contributed by atoms with van der Waals surface area (Å²) in [4.78, 5) is 21.7. The first kappa shape index (κ1) is 20.8. The summed E-state index contributed by atoms with van der Waals surface area (Å²) in [5.74, 6) is 0.632. The highest BCUT2D eigenvalue weighted by molar-refractivity contribution is 7.99. The molecule has 0 aliphatic rings. The van der Waals surface area contributed by atoms with Gasteiger partial charge in [0.1, 0.15) is 0 Å². The standard InChI is InChI=1S/C23H21N5O2S/c29-21(27-30-16-19-10-5-2-6-11-19)17-31-23-26-25-22(20-12-7-13-24-14-20)28(23)15-18-8-3-1-4-9-18/h1-14H,15-17H2,(H,27,29). The normalized spacial score (nSPS) is 10.7. The van der Waals surface area contributed by atoms with E-state index in [2.05, 4.69) is 20.7 Å². The predicted molar refractivity (Wildman–Crippen MR) is 119 cm³/mol. The predicted octanol–water partition coefficient (Wildman–Crippen LogP) is 3.73. The van der Waals surface area contributed by atoms with E-state index in [1.54, 1.807) is 12.4 Å². The molecule has 0 saturated carbocycles. The smallest absolute Gasteiger partial charge is 0.254 e. The molecule has 7 nitrogen and oxygen atoms in total. The number of hydrogen-bond acceptors (Lipinski definition) is 6. The fraction of sp³-hybridized carbons (Fsp3) is 0.130. The molecule has 2 aromatic heterocycles. The lowest BCUT2D eigenvalue weighted by molar-refractivity contribution is -0.131. The zero-order valence-electron chi connectivity index (χ0n) is 16.7. The van der Waals surface area contributed by atoms with Crippen LogP contribution in [-0.4, -0.2) is 31.4 Å². The molecule has 0 spiro atoms. The first-order chi connectivity index (χ1) is 15.3. The van der Waals surface area contributed by atoms with Crippen molar-refractivity contribution in [2.75, 3.05) is 5.75 Å². The Hall–Kier alpha value is -3.49. The van der Waals surface area contributed by atoms with E-state index in [0.717, 1.165) is 16.7 Å². The number of nitrogens with one attached hydrogen (secondary N) is 1. The number of hydrogen-bond donors (Lipinski definition) is 1. The van der Waals surface area contributed by atoms with Crippen LogP contribution in [0.15, 0.2) is 90.3 Å². The Kier molecular flexibility index (Phi) is 7.04. The first-order valence-electron chi connectivity index (χ1n) is 9.74. The average molecular weight is 432 g/mol. The lowest BCUT2D eigenvalue weighted by atomic mass is 10.2. The SMILES string of the molecule is O=C(CSc1nnc(-c2cccnc2)n1Cc1ccccc1)NOCc1ccccc1. The molecule has 1 amide bonds. The van der Waals surface area contributed by atoms with E-state index in [0.29, 0.717) is 24.1 Å². The molecular weight excluding hydrogens is 410 g/mol. The van der Waals surface area contributed by atoms with Crippen molar-refractivity contribution < 1.29 is 9.63 Å². The van der Waals surface area contributed by atoms with Crippen LogP contribution in [0.3, 0.4) is 0 Å². The zero-order valence-corrected chi connectivity index (χ0v) is 17.5. The van der Waals surface area contributed by atoms with Crippen LogP contribution in [0, 0.1) is 0 Å². The van der Waals surface area contributed by atoms with Crippen LogP contribution in [0.2, 0.25) is 0 Å². The van der Waals surface area contributed by atoms with Crippen LogP contribution in [0.25, 0.3) is 11.4 Å². The van der Waals surface area contributed by atoms with Gasteiger partial charge in [-0.25, -0.2) is 5.48 Å². The average Bonchev–Trinajstić information content (AvgIpc) is 3.22. The first-order valence-corrected chi connectivity index (χ1v) is 10.7. The number of thioether (sulfide) groups is 1. The third-order valence-electron chi connectivity index (χ3n) is 4.42. The van der Waals surface area contributed by atoms with Crippen LogP contribution in [0.1, 0.15) is 11.1 Å². The maximum absolute atomic E-state index is 12.2. The number of amides is 1.